The van der Waals surface area contributed by atoms with E-state index in [4.69, 9.17) is 0 Å². The minimum absolute atomic E-state index is 0.0124. The predicted molar refractivity (Wildman–Crippen MR) is 87.7 cm³/mol. The molecule has 1 fully saturated rings. The van der Waals surface area contributed by atoms with Gasteiger partial charge in [0.1, 0.15) is 0 Å². The topological polar surface area (TPSA) is 110 Å². The van der Waals surface area contributed by atoms with Crippen LogP contribution in [-0.4, -0.2) is 62.7 Å². The Morgan fingerprint density at radius 1 is 1.20 bits per heavy atom. The fourth-order valence-electron chi connectivity index (χ4n) is 2.87. The third-order valence-electron chi connectivity index (χ3n) is 4.18. The first-order valence-electron chi connectivity index (χ1n) is 7.73. The lowest BCUT2D eigenvalue weighted by molar-refractivity contribution is 0.0582. The molecule has 1 aromatic carbocycles. The third kappa shape index (κ3) is 3.83. The zero-order chi connectivity index (χ0) is 18.8. The van der Waals surface area contributed by atoms with Crippen molar-refractivity contribution < 1.29 is 32.6 Å². The van der Waals surface area contributed by atoms with Gasteiger partial charge < -0.3 is 14.6 Å². The van der Waals surface area contributed by atoms with Crippen LogP contribution in [-0.2, 0) is 19.5 Å². The summed E-state index contributed by atoms with van der Waals surface area (Å²) in [7, 11) is -1.75. The number of aliphatic hydroxyl groups is 1. The van der Waals surface area contributed by atoms with Crippen molar-refractivity contribution in [1.82, 2.24) is 4.31 Å². The van der Waals surface area contributed by atoms with E-state index in [1.54, 1.807) is 6.92 Å². The van der Waals surface area contributed by atoms with Crippen LogP contribution < -0.4 is 0 Å². The monoisotopic (exact) mass is 371 g/mol. The van der Waals surface area contributed by atoms with Gasteiger partial charge in [-0.1, -0.05) is 0 Å². The first-order chi connectivity index (χ1) is 11.7. The summed E-state index contributed by atoms with van der Waals surface area (Å²) in [4.78, 5) is 23.4. The third-order valence-corrected chi connectivity index (χ3v) is 6.24. The van der Waals surface area contributed by atoms with Crippen molar-refractivity contribution in [3.05, 3.63) is 29.3 Å². The Hall–Kier alpha value is -1.97. The molecule has 0 aromatic heterocycles. The highest BCUT2D eigenvalue weighted by atomic mass is 32.2. The molecular formula is C16H21NO7S. The van der Waals surface area contributed by atoms with E-state index in [1.807, 2.05) is 0 Å². The molecule has 25 heavy (non-hydrogen) atoms. The number of hydrogen-bond acceptors (Lipinski definition) is 7. The highest BCUT2D eigenvalue weighted by Crippen LogP contribution is 2.28. The number of ether oxygens (including phenoxy) is 2. The molecule has 1 aliphatic rings. The Morgan fingerprint density at radius 2 is 1.84 bits per heavy atom. The maximum atomic E-state index is 13.1. The Balaban J connectivity index is 2.57. The van der Waals surface area contributed by atoms with Gasteiger partial charge in [-0.25, -0.2) is 18.0 Å². The summed E-state index contributed by atoms with van der Waals surface area (Å²) in [5.41, 5.74) is -0.146. The number of methoxy groups -OCH3 is 2. The van der Waals surface area contributed by atoms with Gasteiger partial charge in [0, 0.05) is 12.6 Å². The number of esters is 2. The van der Waals surface area contributed by atoms with E-state index >= 15 is 0 Å². The first kappa shape index (κ1) is 19.4. The molecule has 138 valence electrons. The summed E-state index contributed by atoms with van der Waals surface area (Å²) in [6, 6.07) is 3.21. The molecule has 2 atom stereocenters. The summed E-state index contributed by atoms with van der Waals surface area (Å²) in [6.45, 7) is 1.80. The molecule has 1 heterocycles. The number of hydrogen-bond donors (Lipinski definition) is 1. The van der Waals surface area contributed by atoms with Crippen LogP contribution in [0, 0.1) is 0 Å². The number of piperidine rings is 1. The Morgan fingerprint density at radius 3 is 2.40 bits per heavy atom. The summed E-state index contributed by atoms with van der Waals surface area (Å²) >= 11 is 0. The molecule has 1 saturated heterocycles. The molecule has 1 aromatic rings. The minimum Gasteiger partial charge on any atom is -0.465 e. The van der Waals surface area contributed by atoms with Crippen LogP contribution >= 0.6 is 0 Å². The van der Waals surface area contributed by atoms with E-state index in [9.17, 15) is 23.1 Å². The largest absolute Gasteiger partial charge is 0.465 e. The molecule has 2 rings (SSSR count). The number of aliphatic hydroxyl groups excluding tert-OH is 1. The molecule has 0 spiro atoms. The van der Waals surface area contributed by atoms with Crippen LogP contribution in [0.5, 0.6) is 0 Å². The van der Waals surface area contributed by atoms with Gasteiger partial charge in [-0.3, -0.25) is 0 Å². The van der Waals surface area contributed by atoms with E-state index in [0.717, 1.165) is 13.2 Å². The quantitative estimate of drug-likeness (QED) is 0.779. The van der Waals surface area contributed by atoms with E-state index in [2.05, 4.69) is 9.47 Å². The number of rotatable bonds is 4. The molecule has 9 heteroatoms. The van der Waals surface area contributed by atoms with Gasteiger partial charge in [0.05, 0.1) is 36.3 Å². The molecule has 0 saturated carbocycles. The van der Waals surface area contributed by atoms with Crippen molar-refractivity contribution in [2.45, 2.75) is 36.8 Å². The van der Waals surface area contributed by atoms with E-state index < -0.39 is 34.1 Å². The summed E-state index contributed by atoms with van der Waals surface area (Å²) < 4.78 is 36.7. The smallest absolute Gasteiger partial charge is 0.339 e. The fourth-order valence-corrected chi connectivity index (χ4v) is 4.73. The molecule has 0 amide bonds. The molecule has 1 N–H and O–H groups in total. The van der Waals surface area contributed by atoms with Gasteiger partial charge in [0.2, 0.25) is 10.0 Å². The van der Waals surface area contributed by atoms with E-state index in [0.29, 0.717) is 12.8 Å². The van der Waals surface area contributed by atoms with Crippen LogP contribution in [0.4, 0.5) is 0 Å². The zero-order valence-electron chi connectivity index (χ0n) is 14.3. The van der Waals surface area contributed by atoms with Gasteiger partial charge in [-0.2, -0.15) is 4.31 Å². The normalized spacial score (nSPS) is 21.6. The van der Waals surface area contributed by atoms with Crippen molar-refractivity contribution in [2.24, 2.45) is 0 Å². The lowest BCUT2D eigenvalue weighted by Crippen LogP contribution is -2.46. The fraction of sp³-hybridized carbons (Fsp3) is 0.500. The summed E-state index contributed by atoms with van der Waals surface area (Å²) in [5, 5.41) is 9.71. The van der Waals surface area contributed by atoms with Gasteiger partial charge in [-0.05, 0) is 38.0 Å². The van der Waals surface area contributed by atoms with Gasteiger partial charge in [-0.15, -0.1) is 0 Å². The van der Waals surface area contributed by atoms with Crippen molar-refractivity contribution in [3.8, 4) is 0 Å². The standard InChI is InChI=1S/C16H21NO7S/c1-10-8-12(18)6-7-17(10)25(21,22)14-9-11(15(19)23-2)4-5-13(14)16(20)24-3/h4-5,9-10,12,18H,6-8H2,1-3H3. The maximum Gasteiger partial charge on any atom is 0.339 e. The van der Waals surface area contributed by atoms with Gasteiger partial charge >= 0.3 is 11.9 Å². The molecule has 8 nitrogen and oxygen atoms in total. The minimum atomic E-state index is -4.07. The van der Waals surface area contributed by atoms with Crippen LogP contribution in [0.15, 0.2) is 23.1 Å². The van der Waals surface area contributed by atoms with E-state index in [-0.39, 0.29) is 22.6 Å². The average Bonchev–Trinajstić information content (AvgIpc) is 2.59. The highest BCUT2D eigenvalue weighted by Gasteiger charge is 2.36. The molecule has 1 aliphatic heterocycles. The number of carbonyl (C=O) groups is 2. The Labute approximate surface area is 146 Å². The number of benzene rings is 1. The lowest BCUT2D eigenvalue weighted by Gasteiger charge is -2.35. The SMILES string of the molecule is COC(=O)c1ccc(C(=O)OC)c(S(=O)(=O)N2CCC(O)CC2C)c1. The zero-order valence-corrected chi connectivity index (χ0v) is 15.1. The highest BCUT2D eigenvalue weighted by molar-refractivity contribution is 7.89. The number of sulfonamides is 1. The second-order valence-corrected chi connectivity index (χ2v) is 7.70. The van der Waals surface area contributed by atoms with Crippen LogP contribution in [0.2, 0.25) is 0 Å². The molecule has 2 unspecified atom stereocenters. The second kappa shape index (κ2) is 7.51. The molecule has 0 radical (unpaired) electrons. The predicted octanol–water partition coefficient (Wildman–Crippen LogP) is 0.794. The van der Waals surface area contributed by atoms with Crippen LogP contribution in [0.1, 0.15) is 40.5 Å². The van der Waals surface area contributed by atoms with E-state index in [1.165, 1.54) is 23.5 Å². The Bertz CT molecular complexity index is 775. The summed E-state index contributed by atoms with van der Waals surface area (Å²) in [6.07, 6.45) is 0.0278. The van der Waals surface area contributed by atoms with Gasteiger partial charge in [0.15, 0.2) is 0 Å². The molecular weight excluding hydrogens is 350 g/mol. The maximum absolute atomic E-state index is 13.1. The van der Waals surface area contributed by atoms with Crippen LogP contribution in [0.3, 0.4) is 0 Å². The Kier molecular flexibility index (Phi) is 5.81. The van der Waals surface area contributed by atoms with Crippen molar-refractivity contribution in [3.63, 3.8) is 0 Å². The van der Waals surface area contributed by atoms with Crippen molar-refractivity contribution in [2.75, 3.05) is 20.8 Å². The number of nitrogens with zero attached hydrogens (tertiary/aromatic N) is 1. The molecule has 0 aliphatic carbocycles. The second-order valence-electron chi connectivity index (χ2n) is 5.84. The van der Waals surface area contributed by atoms with Crippen molar-refractivity contribution in [1.29, 1.82) is 0 Å². The average molecular weight is 371 g/mol. The lowest BCUT2D eigenvalue weighted by atomic mass is 10.0. The van der Waals surface area contributed by atoms with Gasteiger partial charge in [0.25, 0.3) is 0 Å². The summed E-state index contributed by atoms with van der Waals surface area (Å²) in [5.74, 6) is -1.53. The van der Waals surface area contributed by atoms with Crippen LogP contribution in [0.25, 0.3) is 0 Å². The molecule has 0 bridgehead atoms. The first-order valence-corrected chi connectivity index (χ1v) is 9.17. The number of carbonyl (C=O) groups excluding carboxylic acids is 2. The van der Waals surface area contributed by atoms with Crippen molar-refractivity contribution >= 4 is 22.0 Å².